The minimum Gasteiger partial charge on any atom is -0.378 e. The van der Waals surface area contributed by atoms with Gasteiger partial charge in [-0.15, -0.1) is 11.3 Å². The van der Waals surface area contributed by atoms with Crippen molar-refractivity contribution in [3.63, 3.8) is 0 Å². The fourth-order valence-electron chi connectivity index (χ4n) is 3.01. The van der Waals surface area contributed by atoms with Crippen LogP contribution in [0, 0.1) is 0 Å². The second-order valence-electron chi connectivity index (χ2n) is 6.39. The highest BCUT2D eigenvalue weighted by Gasteiger charge is 2.15. The Morgan fingerprint density at radius 3 is 2.87 bits per heavy atom. The van der Waals surface area contributed by atoms with Crippen LogP contribution >= 0.6 is 22.9 Å². The van der Waals surface area contributed by atoms with Gasteiger partial charge in [0, 0.05) is 24.5 Å². The molecule has 0 spiro atoms. The number of halogens is 1. The molecule has 156 valence electrons. The van der Waals surface area contributed by atoms with E-state index in [2.05, 4.69) is 31.6 Å². The molecule has 1 aliphatic heterocycles. The molecule has 0 atom stereocenters. The Kier molecular flexibility index (Phi) is 6.29. The zero-order valence-corrected chi connectivity index (χ0v) is 17.3. The van der Waals surface area contributed by atoms with E-state index in [1.54, 1.807) is 16.9 Å². The van der Waals surface area contributed by atoms with Gasteiger partial charge in [-0.25, -0.2) is 10.5 Å². The summed E-state index contributed by atoms with van der Waals surface area (Å²) in [5.41, 5.74) is 4.03. The lowest BCUT2D eigenvalue weighted by molar-refractivity contribution is 0.0712. The molecule has 11 heteroatoms. The number of carbonyl (C=O) groups is 1. The Balaban J connectivity index is 1.53. The van der Waals surface area contributed by atoms with E-state index in [-0.39, 0.29) is 0 Å². The van der Waals surface area contributed by atoms with Gasteiger partial charge in [0.15, 0.2) is 5.82 Å². The SMILES string of the molecule is O=C(NO)c1sccc1Nc1nc(Nc2cccc(N3CCOCC3)c2)ncc1Cl. The van der Waals surface area contributed by atoms with Crippen molar-refractivity contribution >= 4 is 57.7 Å². The van der Waals surface area contributed by atoms with Crippen LogP contribution in [0.5, 0.6) is 0 Å². The van der Waals surface area contributed by atoms with Crippen LogP contribution in [-0.2, 0) is 4.74 Å². The number of amides is 1. The fraction of sp³-hybridized carbons (Fsp3) is 0.211. The molecule has 0 saturated carbocycles. The monoisotopic (exact) mass is 446 g/mol. The van der Waals surface area contributed by atoms with E-state index < -0.39 is 5.91 Å². The maximum Gasteiger partial charge on any atom is 0.286 e. The third kappa shape index (κ3) is 4.62. The van der Waals surface area contributed by atoms with Gasteiger partial charge in [-0.1, -0.05) is 17.7 Å². The molecular formula is C19H19ClN6O3S. The lowest BCUT2D eigenvalue weighted by atomic mass is 10.2. The van der Waals surface area contributed by atoms with Crippen molar-refractivity contribution in [1.82, 2.24) is 15.4 Å². The molecule has 3 heterocycles. The number of nitrogens with zero attached hydrogens (tertiary/aromatic N) is 3. The smallest absolute Gasteiger partial charge is 0.286 e. The zero-order valence-electron chi connectivity index (χ0n) is 15.8. The summed E-state index contributed by atoms with van der Waals surface area (Å²) in [6, 6.07) is 9.67. The van der Waals surface area contributed by atoms with E-state index in [0.717, 1.165) is 24.5 Å². The normalized spacial score (nSPS) is 13.7. The maximum absolute atomic E-state index is 11.8. The first-order chi connectivity index (χ1) is 14.6. The van der Waals surface area contributed by atoms with Gasteiger partial charge in [0.2, 0.25) is 5.95 Å². The first-order valence-electron chi connectivity index (χ1n) is 9.15. The number of rotatable bonds is 6. The highest BCUT2D eigenvalue weighted by Crippen LogP contribution is 2.30. The van der Waals surface area contributed by atoms with Crippen LogP contribution in [0.15, 0.2) is 41.9 Å². The molecule has 4 N–H and O–H groups in total. The molecule has 3 aromatic rings. The van der Waals surface area contributed by atoms with Crippen molar-refractivity contribution in [2.45, 2.75) is 0 Å². The number of thiophene rings is 1. The number of aromatic nitrogens is 2. The van der Waals surface area contributed by atoms with Gasteiger partial charge in [0.25, 0.3) is 5.91 Å². The van der Waals surface area contributed by atoms with E-state index in [0.29, 0.717) is 40.6 Å². The largest absolute Gasteiger partial charge is 0.378 e. The quantitative estimate of drug-likeness (QED) is 0.335. The van der Waals surface area contributed by atoms with Crippen LogP contribution in [0.4, 0.5) is 28.8 Å². The molecule has 1 saturated heterocycles. The lowest BCUT2D eigenvalue weighted by Gasteiger charge is -2.29. The van der Waals surface area contributed by atoms with E-state index in [9.17, 15) is 4.79 Å². The molecule has 0 bridgehead atoms. The summed E-state index contributed by atoms with van der Waals surface area (Å²) in [6.07, 6.45) is 1.48. The van der Waals surface area contributed by atoms with E-state index in [4.69, 9.17) is 21.5 Å². The van der Waals surface area contributed by atoms with Crippen molar-refractivity contribution < 1.29 is 14.7 Å². The molecule has 0 unspecified atom stereocenters. The second-order valence-corrected chi connectivity index (χ2v) is 7.72. The van der Waals surface area contributed by atoms with E-state index in [1.165, 1.54) is 17.5 Å². The van der Waals surface area contributed by atoms with E-state index >= 15 is 0 Å². The topological polar surface area (TPSA) is 112 Å². The van der Waals surface area contributed by atoms with Crippen LogP contribution < -0.4 is 21.0 Å². The Labute approximate surface area is 181 Å². The minimum absolute atomic E-state index is 0.296. The molecule has 4 rings (SSSR count). The van der Waals surface area contributed by atoms with Gasteiger partial charge < -0.3 is 20.3 Å². The van der Waals surface area contributed by atoms with E-state index in [1.807, 2.05) is 18.2 Å². The van der Waals surface area contributed by atoms with Gasteiger partial charge in [-0.3, -0.25) is 10.0 Å². The lowest BCUT2D eigenvalue weighted by Crippen LogP contribution is -2.36. The fourth-order valence-corrected chi connectivity index (χ4v) is 3.89. The van der Waals surface area contributed by atoms with Gasteiger partial charge in [-0.05, 0) is 29.6 Å². The van der Waals surface area contributed by atoms with Crippen LogP contribution in [0.3, 0.4) is 0 Å². The third-order valence-corrected chi connectivity index (χ3v) is 5.64. The molecule has 1 amide bonds. The van der Waals surface area contributed by atoms with Crippen molar-refractivity contribution in [2.24, 2.45) is 0 Å². The average Bonchev–Trinajstić information content (AvgIpc) is 3.24. The predicted molar refractivity (Wildman–Crippen MR) is 117 cm³/mol. The summed E-state index contributed by atoms with van der Waals surface area (Å²) >= 11 is 7.41. The van der Waals surface area contributed by atoms with Crippen molar-refractivity contribution in [2.75, 3.05) is 41.8 Å². The minimum atomic E-state index is -0.615. The summed E-state index contributed by atoms with van der Waals surface area (Å²) in [7, 11) is 0. The number of benzene rings is 1. The Morgan fingerprint density at radius 2 is 2.07 bits per heavy atom. The van der Waals surface area contributed by atoms with Gasteiger partial charge >= 0.3 is 0 Å². The Bertz CT molecular complexity index is 1040. The number of anilines is 5. The highest BCUT2D eigenvalue weighted by atomic mass is 35.5. The number of hydrogen-bond acceptors (Lipinski definition) is 9. The first-order valence-corrected chi connectivity index (χ1v) is 10.4. The summed E-state index contributed by atoms with van der Waals surface area (Å²) < 4.78 is 5.41. The summed E-state index contributed by atoms with van der Waals surface area (Å²) in [4.78, 5) is 23.0. The third-order valence-electron chi connectivity index (χ3n) is 4.45. The highest BCUT2D eigenvalue weighted by molar-refractivity contribution is 7.12. The number of morpholine rings is 1. The molecule has 1 fully saturated rings. The molecule has 1 aliphatic rings. The standard InChI is InChI=1S/C19H19ClN6O3S/c20-14-11-21-19(24-17(14)23-15-4-9-30-16(15)18(27)25-28)22-12-2-1-3-13(10-12)26-5-7-29-8-6-26/h1-4,9-11,28H,5-8H2,(H,25,27)(H2,21,22,23,24). The van der Waals surface area contributed by atoms with Crippen LogP contribution in [0.25, 0.3) is 0 Å². The number of hydroxylamine groups is 1. The predicted octanol–water partition coefficient (Wildman–Crippen LogP) is 3.63. The average molecular weight is 447 g/mol. The van der Waals surface area contributed by atoms with Crippen molar-refractivity contribution in [3.05, 3.63) is 51.8 Å². The number of hydrogen-bond donors (Lipinski definition) is 4. The maximum atomic E-state index is 11.8. The number of carbonyl (C=O) groups excluding carboxylic acids is 1. The molecule has 9 nitrogen and oxygen atoms in total. The Morgan fingerprint density at radius 1 is 1.23 bits per heavy atom. The Hall–Kier alpha value is -2.92. The summed E-state index contributed by atoms with van der Waals surface area (Å²) in [6.45, 7) is 3.12. The summed E-state index contributed by atoms with van der Waals surface area (Å²) in [5.74, 6) is 0.0734. The van der Waals surface area contributed by atoms with Crippen LogP contribution in [-0.4, -0.2) is 47.4 Å². The molecule has 1 aromatic carbocycles. The van der Waals surface area contributed by atoms with Gasteiger partial charge in [0.05, 0.1) is 25.1 Å². The molecule has 0 radical (unpaired) electrons. The zero-order chi connectivity index (χ0) is 20.9. The second kappa shape index (κ2) is 9.26. The van der Waals surface area contributed by atoms with Crippen molar-refractivity contribution in [3.8, 4) is 0 Å². The molecular weight excluding hydrogens is 428 g/mol. The van der Waals surface area contributed by atoms with Crippen molar-refractivity contribution in [1.29, 1.82) is 0 Å². The van der Waals surface area contributed by atoms with Crippen LogP contribution in [0.1, 0.15) is 9.67 Å². The number of nitrogens with one attached hydrogen (secondary N) is 3. The van der Waals surface area contributed by atoms with Crippen LogP contribution in [0.2, 0.25) is 5.02 Å². The summed E-state index contributed by atoms with van der Waals surface area (Å²) in [5, 5.41) is 17.1. The molecule has 0 aliphatic carbocycles. The first kappa shape index (κ1) is 20.4. The molecule has 30 heavy (non-hydrogen) atoms. The van der Waals surface area contributed by atoms with Gasteiger partial charge in [-0.2, -0.15) is 4.98 Å². The molecule has 2 aromatic heterocycles. The van der Waals surface area contributed by atoms with Gasteiger partial charge in [0.1, 0.15) is 9.90 Å². The number of ether oxygens (including phenoxy) is 1.